The third kappa shape index (κ3) is 3.45. The lowest BCUT2D eigenvalue weighted by Gasteiger charge is -2.11. The van der Waals surface area contributed by atoms with E-state index in [1.54, 1.807) is 16.8 Å². The van der Waals surface area contributed by atoms with Crippen LogP contribution in [0.5, 0.6) is 0 Å². The Kier molecular flexibility index (Phi) is 4.31. The molecule has 3 aromatic rings. The highest BCUT2D eigenvalue weighted by molar-refractivity contribution is 7.92. The molecule has 0 fully saturated rings. The quantitative estimate of drug-likeness (QED) is 0.774. The lowest BCUT2D eigenvalue weighted by atomic mass is 10.2. The van der Waals surface area contributed by atoms with Crippen LogP contribution in [0.4, 0.5) is 5.82 Å². The van der Waals surface area contributed by atoms with Gasteiger partial charge in [-0.25, -0.2) is 13.1 Å². The zero-order valence-electron chi connectivity index (χ0n) is 12.6. The minimum atomic E-state index is -3.79. The molecule has 0 bridgehead atoms. The highest BCUT2D eigenvalue weighted by Gasteiger charge is 2.17. The summed E-state index contributed by atoms with van der Waals surface area (Å²) in [6.45, 7) is 0.448. The largest absolute Gasteiger partial charge is 0.264 e. The Bertz CT molecular complexity index is 989. The molecule has 0 aliphatic carbocycles. The summed E-state index contributed by atoms with van der Waals surface area (Å²) in [6, 6.07) is 19.0. The van der Waals surface area contributed by atoms with Crippen LogP contribution in [0.25, 0.3) is 0 Å². The third-order valence-electron chi connectivity index (χ3n) is 3.40. The molecule has 0 atom stereocenters. The molecule has 1 aromatic heterocycles. The number of hydrogen-bond donors (Lipinski definition) is 1. The molecule has 0 aliphatic heterocycles. The van der Waals surface area contributed by atoms with Crippen LogP contribution in [0, 0.1) is 11.3 Å². The number of nitrogens with one attached hydrogen (secondary N) is 1. The zero-order valence-corrected chi connectivity index (χ0v) is 13.4. The van der Waals surface area contributed by atoms with E-state index in [2.05, 4.69) is 9.82 Å². The first-order valence-corrected chi connectivity index (χ1v) is 8.65. The maximum absolute atomic E-state index is 12.5. The van der Waals surface area contributed by atoms with Gasteiger partial charge in [-0.2, -0.15) is 10.4 Å². The van der Waals surface area contributed by atoms with E-state index in [0.29, 0.717) is 12.4 Å². The zero-order chi connectivity index (χ0) is 17.0. The lowest BCUT2D eigenvalue weighted by Crippen LogP contribution is -2.17. The van der Waals surface area contributed by atoms with Crippen molar-refractivity contribution in [2.24, 2.45) is 0 Å². The lowest BCUT2D eigenvalue weighted by molar-refractivity contribution is 0.599. The predicted molar refractivity (Wildman–Crippen MR) is 89.7 cm³/mol. The Hall–Kier alpha value is -3.11. The number of aromatic nitrogens is 2. The molecule has 0 amide bonds. The second-order valence-corrected chi connectivity index (χ2v) is 6.79. The van der Waals surface area contributed by atoms with Crippen molar-refractivity contribution >= 4 is 15.8 Å². The number of hydrogen-bond acceptors (Lipinski definition) is 4. The van der Waals surface area contributed by atoms with E-state index in [1.165, 1.54) is 24.4 Å². The SMILES string of the molecule is N#Cc1cccc(S(=O)(=O)Nc2ccnn2Cc2ccccc2)c1. The molecule has 0 saturated carbocycles. The highest BCUT2D eigenvalue weighted by Crippen LogP contribution is 2.17. The molecule has 0 saturated heterocycles. The first-order chi connectivity index (χ1) is 11.6. The van der Waals surface area contributed by atoms with Crippen molar-refractivity contribution in [3.05, 3.63) is 78.0 Å². The van der Waals surface area contributed by atoms with Crippen molar-refractivity contribution in [3.8, 4) is 6.07 Å². The van der Waals surface area contributed by atoms with Crippen LogP contribution >= 0.6 is 0 Å². The molecule has 3 rings (SSSR count). The van der Waals surface area contributed by atoms with E-state index in [9.17, 15) is 8.42 Å². The Labute approximate surface area is 140 Å². The summed E-state index contributed by atoms with van der Waals surface area (Å²) in [6.07, 6.45) is 1.53. The van der Waals surface area contributed by atoms with Crippen molar-refractivity contribution < 1.29 is 8.42 Å². The van der Waals surface area contributed by atoms with Crippen LogP contribution < -0.4 is 4.72 Å². The summed E-state index contributed by atoms with van der Waals surface area (Å²) < 4.78 is 29.1. The molecule has 0 spiro atoms. The Morgan fingerprint density at radius 2 is 1.88 bits per heavy atom. The van der Waals surface area contributed by atoms with Gasteiger partial charge >= 0.3 is 0 Å². The van der Waals surface area contributed by atoms with Crippen molar-refractivity contribution in [2.75, 3.05) is 4.72 Å². The van der Waals surface area contributed by atoms with Crippen LogP contribution in [0.15, 0.2) is 71.8 Å². The van der Waals surface area contributed by atoms with Gasteiger partial charge in [0.2, 0.25) is 0 Å². The Morgan fingerprint density at radius 3 is 2.62 bits per heavy atom. The second-order valence-electron chi connectivity index (χ2n) is 5.10. The predicted octanol–water partition coefficient (Wildman–Crippen LogP) is 2.60. The number of anilines is 1. The van der Waals surface area contributed by atoms with Gasteiger partial charge < -0.3 is 0 Å². The topological polar surface area (TPSA) is 87.8 Å². The molecule has 0 aliphatic rings. The summed E-state index contributed by atoms with van der Waals surface area (Å²) in [7, 11) is -3.79. The molecule has 2 aromatic carbocycles. The highest BCUT2D eigenvalue weighted by atomic mass is 32.2. The minimum absolute atomic E-state index is 0.0361. The summed E-state index contributed by atoms with van der Waals surface area (Å²) in [5.74, 6) is 0.362. The van der Waals surface area contributed by atoms with Gasteiger partial charge in [-0.1, -0.05) is 36.4 Å². The fourth-order valence-corrected chi connectivity index (χ4v) is 3.34. The molecule has 7 heteroatoms. The summed E-state index contributed by atoms with van der Waals surface area (Å²) in [5, 5.41) is 13.1. The molecule has 6 nitrogen and oxygen atoms in total. The van der Waals surface area contributed by atoms with Gasteiger partial charge in [0, 0.05) is 6.07 Å². The van der Waals surface area contributed by atoms with Crippen LogP contribution in [0.3, 0.4) is 0 Å². The number of rotatable bonds is 5. The third-order valence-corrected chi connectivity index (χ3v) is 4.76. The van der Waals surface area contributed by atoms with Gasteiger partial charge in [0.1, 0.15) is 5.82 Å². The monoisotopic (exact) mass is 338 g/mol. The molecule has 1 heterocycles. The summed E-state index contributed by atoms with van der Waals surface area (Å²) in [4.78, 5) is 0.0361. The average molecular weight is 338 g/mol. The van der Waals surface area contributed by atoms with Crippen LogP contribution in [0.1, 0.15) is 11.1 Å². The van der Waals surface area contributed by atoms with Gasteiger partial charge in [-0.15, -0.1) is 0 Å². The van der Waals surface area contributed by atoms with Gasteiger partial charge in [-0.05, 0) is 23.8 Å². The molecule has 0 radical (unpaired) electrons. The average Bonchev–Trinajstić information content (AvgIpc) is 3.02. The van der Waals surface area contributed by atoms with E-state index in [4.69, 9.17) is 5.26 Å². The molecular formula is C17H14N4O2S. The summed E-state index contributed by atoms with van der Waals surface area (Å²) in [5.41, 5.74) is 1.30. The van der Waals surface area contributed by atoms with E-state index >= 15 is 0 Å². The van der Waals surface area contributed by atoms with Crippen LogP contribution in [0.2, 0.25) is 0 Å². The molecule has 0 unspecified atom stereocenters. The van der Waals surface area contributed by atoms with Crippen LogP contribution in [-0.2, 0) is 16.6 Å². The van der Waals surface area contributed by atoms with Crippen molar-refractivity contribution in [2.45, 2.75) is 11.4 Å². The Balaban J connectivity index is 1.86. The maximum Gasteiger partial charge on any atom is 0.263 e. The molecule has 1 N–H and O–H groups in total. The maximum atomic E-state index is 12.5. The van der Waals surface area contributed by atoms with Gasteiger partial charge in [0.15, 0.2) is 0 Å². The first-order valence-electron chi connectivity index (χ1n) is 7.17. The van der Waals surface area contributed by atoms with E-state index < -0.39 is 10.0 Å². The fraction of sp³-hybridized carbons (Fsp3) is 0.0588. The second kappa shape index (κ2) is 6.56. The normalized spacial score (nSPS) is 11.0. The van der Waals surface area contributed by atoms with Gasteiger partial charge in [0.25, 0.3) is 10.0 Å². The minimum Gasteiger partial charge on any atom is -0.264 e. The number of nitrogens with zero attached hydrogens (tertiary/aromatic N) is 3. The van der Waals surface area contributed by atoms with Crippen molar-refractivity contribution in [1.82, 2.24) is 9.78 Å². The number of sulfonamides is 1. The number of benzene rings is 2. The van der Waals surface area contributed by atoms with Gasteiger partial charge in [-0.3, -0.25) is 4.72 Å². The van der Waals surface area contributed by atoms with Crippen molar-refractivity contribution in [1.29, 1.82) is 5.26 Å². The smallest absolute Gasteiger partial charge is 0.263 e. The van der Waals surface area contributed by atoms with E-state index in [1.807, 2.05) is 36.4 Å². The van der Waals surface area contributed by atoms with Crippen LogP contribution in [-0.4, -0.2) is 18.2 Å². The first kappa shape index (κ1) is 15.8. The molecule has 120 valence electrons. The van der Waals surface area contributed by atoms with E-state index in [0.717, 1.165) is 5.56 Å². The van der Waals surface area contributed by atoms with Gasteiger partial charge in [0.05, 0.1) is 29.3 Å². The Morgan fingerprint density at radius 1 is 1.08 bits per heavy atom. The number of nitriles is 1. The molecule has 24 heavy (non-hydrogen) atoms. The van der Waals surface area contributed by atoms with E-state index in [-0.39, 0.29) is 10.5 Å². The molecular weight excluding hydrogens is 324 g/mol. The fourth-order valence-electron chi connectivity index (χ4n) is 2.23. The summed E-state index contributed by atoms with van der Waals surface area (Å²) >= 11 is 0. The standard InChI is InChI=1S/C17H14N4O2S/c18-12-15-7-4-8-16(11-15)24(22,23)20-17-9-10-19-21(17)13-14-5-2-1-3-6-14/h1-11,20H,13H2. The van der Waals surface area contributed by atoms with Crippen molar-refractivity contribution in [3.63, 3.8) is 0 Å².